The quantitative estimate of drug-likeness (QED) is 0.492. The normalized spacial score (nSPS) is 16.3. The first kappa shape index (κ1) is 20.3. The van der Waals surface area contributed by atoms with Gasteiger partial charge in [0.05, 0.1) is 18.6 Å². The second-order valence-corrected chi connectivity index (χ2v) is 8.30. The molecule has 0 amide bonds. The van der Waals surface area contributed by atoms with Crippen LogP contribution in [0.15, 0.2) is 83.3 Å². The number of hydrogen-bond acceptors (Lipinski definition) is 3. The molecule has 1 fully saturated rings. The van der Waals surface area contributed by atoms with Crippen molar-refractivity contribution < 1.29 is 19.2 Å². The maximum absolute atomic E-state index is 10.1. The van der Waals surface area contributed by atoms with Crippen molar-refractivity contribution in [2.24, 2.45) is 0 Å². The Morgan fingerprint density at radius 3 is 2.41 bits per heavy atom. The average Bonchev–Trinajstić information content (AvgIpc) is 2.85. The second-order valence-electron chi connectivity index (χ2n) is 8.30. The summed E-state index contributed by atoms with van der Waals surface area (Å²) in [5, 5.41) is 12.2. The number of phenols is 1. The van der Waals surface area contributed by atoms with E-state index >= 15 is 0 Å². The summed E-state index contributed by atoms with van der Waals surface area (Å²) in [6.45, 7) is 5.10. The molecule has 2 heterocycles. The van der Waals surface area contributed by atoms with Gasteiger partial charge in [-0.25, -0.2) is 4.58 Å². The molecule has 4 aromatic rings. The first-order chi connectivity index (χ1) is 15.7. The van der Waals surface area contributed by atoms with Gasteiger partial charge >= 0.3 is 0 Å². The van der Waals surface area contributed by atoms with Crippen molar-refractivity contribution in [3.8, 4) is 22.8 Å². The van der Waals surface area contributed by atoms with Crippen molar-refractivity contribution >= 4 is 11.0 Å². The lowest BCUT2D eigenvalue weighted by molar-refractivity contribution is -0.916. The van der Waals surface area contributed by atoms with Crippen LogP contribution in [0, 0.1) is 0 Å². The summed E-state index contributed by atoms with van der Waals surface area (Å²) < 4.78 is 13.9. The Morgan fingerprint density at radius 1 is 0.938 bits per heavy atom. The van der Waals surface area contributed by atoms with Crippen molar-refractivity contribution in [2.45, 2.75) is 6.54 Å². The number of benzene rings is 3. The molecule has 1 aromatic heterocycles. The zero-order valence-electron chi connectivity index (χ0n) is 18.3. The van der Waals surface area contributed by atoms with Gasteiger partial charge in [-0.05, 0) is 42.5 Å². The van der Waals surface area contributed by atoms with Crippen LogP contribution in [-0.2, 0) is 6.54 Å². The number of phenolic OH excluding ortho intramolecular Hbond substituents is 1. The molecule has 2 N–H and O–H groups in total. The topological polar surface area (TPSA) is 50.0 Å². The Hall–Kier alpha value is -3.57. The SMILES string of the molecule is COc1ccc(-c2cc(=[N+]3CC[NH+](Cc4ccccc4)CC3)c3cc(O)ccc3o2)cc1. The lowest BCUT2D eigenvalue weighted by Gasteiger charge is -2.22. The summed E-state index contributed by atoms with van der Waals surface area (Å²) in [4.78, 5) is 1.59. The highest BCUT2D eigenvalue weighted by Crippen LogP contribution is 2.25. The van der Waals surface area contributed by atoms with E-state index < -0.39 is 0 Å². The fourth-order valence-corrected chi connectivity index (χ4v) is 4.44. The average molecular weight is 429 g/mol. The Balaban J connectivity index is 1.52. The maximum Gasteiger partial charge on any atom is 0.215 e. The number of hydrogen-bond donors (Lipinski definition) is 2. The molecule has 0 aliphatic carbocycles. The molecule has 0 spiro atoms. The molecule has 1 saturated heterocycles. The van der Waals surface area contributed by atoms with Gasteiger partial charge in [0, 0.05) is 11.1 Å². The third-order valence-corrected chi connectivity index (χ3v) is 6.21. The standard InChI is InChI=1S/C27H26N2O3/c1-31-23-10-7-21(8-11-23)27-18-25(24-17-22(30)9-12-26(24)32-27)29-15-13-28(14-16-29)19-20-5-3-2-4-6-20/h2-12,17-18H,13-16,19H2,1H3/p+2. The Morgan fingerprint density at radius 2 is 1.69 bits per heavy atom. The number of piperazine rings is 1. The highest BCUT2D eigenvalue weighted by atomic mass is 16.5. The Bertz CT molecular complexity index is 1280. The smallest absolute Gasteiger partial charge is 0.215 e. The molecule has 5 heteroatoms. The number of fused-ring (bicyclic) bond motifs is 1. The van der Waals surface area contributed by atoms with Crippen LogP contribution in [0.25, 0.3) is 22.3 Å². The van der Waals surface area contributed by atoms with Crippen LogP contribution >= 0.6 is 0 Å². The zero-order valence-corrected chi connectivity index (χ0v) is 18.3. The third-order valence-electron chi connectivity index (χ3n) is 6.21. The number of rotatable bonds is 4. The molecule has 0 atom stereocenters. The molecule has 1 aliphatic heterocycles. The summed E-state index contributed by atoms with van der Waals surface area (Å²) >= 11 is 0. The van der Waals surface area contributed by atoms with E-state index in [9.17, 15) is 5.11 Å². The summed E-state index contributed by atoms with van der Waals surface area (Å²) in [7, 11) is 1.67. The molecule has 1 aliphatic rings. The molecular weight excluding hydrogens is 400 g/mol. The number of ether oxygens (including phenoxy) is 1. The minimum absolute atomic E-state index is 0.250. The van der Waals surface area contributed by atoms with E-state index in [2.05, 4.69) is 41.0 Å². The fourth-order valence-electron chi connectivity index (χ4n) is 4.44. The third kappa shape index (κ3) is 4.25. The molecular formula is C27H28N2O3+2. The number of nitrogens with zero attached hydrogens (tertiary/aromatic N) is 1. The predicted octanol–water partition coefficient (Wildman–Crippen LogP) is 2.68. The van der Waals surface area contributed by atoms with E-state index in [1.165, 1.54) is 5.56 Å². The van der Waals surface area contributed by atoms with Gasteiger partial charge in [0.2, 0.25) is 5.36 Å². The van der Waals surface area contributed by atoms with Crippen molar-refractivity contribution in [3.05, 3.63) is 89.8 Å². The molecule has 0 bridgehead atoms. The number of quaternary nitrogens is 1. The summed E-state index contributed by atoms with van der Waals surface area (Å²) in [6.07, 6.45) is 0. The van der Waals surface area contributed by atoms with Crippen molar-refractivity contribution in [3.63, 3.8) is 0 Å². The van der Waals surface area contributed by atoms with Crippen LogP contribution in [0.1, 0.15) is 5.56 Å². The lowest BCUT2D eigenvalue weighted by Crippen LogP contribution is -3.13. The Kier molecular flexibility index (Phi) is 5.65. The van der Waals surface area contributed by atoms with Gasteiger partial charge in [0.25, 0.3) is 0 Å². The van der Waals surface area contributed by atoms with Crippen LogP contribution in [0.4, 0.5) is 0 Å². The molecule has 5 nitrogen and oxygen atoms in total. The first-order valence-corrected chi connectivity index (χ1v) is 11.1. The molecule has 0 radical (unpaired) electrons. The highest BCUT2D eigenvalue weighted by Gasteiger charge is 2.24. The zero-order chi connectivity index (χ0) is 21.9. The van der Waals surface area contributed by atoms with Gasteiger partial charge in [-0.15, -0.1) is 0 Å². The molecule has 0 unspecified atom stereocenters. The van der Waals surface area contributed by atoms with Crippen LogP contribution in [-0.4, -0.2) is 38.4 Å². The molecule has 32 heavy (non-hydrogen) atoms. The molecule has 0 saturated carbocycles. The molecule has 3 aromatic carbocycles. The van der Waals surface area contributed by atoms with E-state index in [0.29, 0.717) is 0 Å². The summed E-state index contributed by atoms with van der Waals surface area (Å²) in [5.41, 5.74) is 3.15. The van der Waals surface area contributed by atoms with Gasteiger partial charge in [-0.3, -0.25) is 0 Å². The van der Waals surface area contributed by atoms with Crippen LogP contribution < -0.4 is 19.6 Å². The second kappa shape index (κ2) is 8.89. The van der Waals surface area contributed by atoms with Crippen molar-refractivity contribution in [1.82, 2.24) is 4.58 Å². The van der Waals surface area contributed by atoms with Gasteiger partial charge < -0.3 is 19.2 Å². The summed E-state index contributed by atoms with van der Waals surface area (Å²) in [6, 6.07) is 26.0. The van der Waals surface area contributed by atoms with E-state index in [4.69, 9.17) is 9.15 Å². The van der Waals surface area contributed by atoms with Crippen molar-refractivity contribution in [2.75, 3.05) is 33.3 Å². The summed E-state index contributed by atoms with van der Waals surface area (Å²) in [5.74, 6) is 1.87. The van der Waals surface area contributed by atoms with Gasteiger partial charge in [-0.1, -0.05) is 30.3 Å². The van der Waals surface area contributed by atoms with Crippen LogP contribution in [0.3, 0.4) is 0 Å². The largest absolute Gasteiger partial charge is 0.508 e. The lowest BCUT2D eigenvalue weighted by atomic mass is 10.1. The highest BCUT2D eigenvalue weighted by molar-refractivity contribution is 5.80. The van der Waals surface area contributed by atoms with E-state index in [1.807, 2.05) is 30.3 Å². The first-order valence-electron chi connectivity index (χ1n) is 11.1. The van der Waals surface area contributed by atoms with E-state index in [0.717, 1.165) is 66.1 Å². The number of nitrogens with one attached hydrogen (secondary N) is 1. The van der Waals surface area contributed by atoms with E-state index in [-0.39, 0.29) is 5.75 Å². The predicted molar refractivity (Wildman–Crippen MR) is 126 cm³/mol. The fraction of sp³-hybridized carbons (Fsp3) is 0.222. The monoisotopic (exact) mass is 428 g/mol. The minimum Gasteiger partial charge on any atom is -0.508 e. The van der Waals surface area contributed by atoms with Crippen LogP contribution in [0.2, 0.25) is 0 Å². The molecule has 162 valence electrons. The van der Waals surface area contributed by atoms with Gasteiger partial charge in [0.15, 0.2) is 13.1 Å². The van der Waals surface area contributed by atoms with Gasteiger partial charge in [-0.2, -0.15) is 0 Å². The van der Waals surface area contributed by atoms with Crippen LogP contribution in [0.5, 0.6) is 11.5 Å². The number of methoxy groups -OCH3 is 1. The van der Waals surface area contributed by atoms with Crippen molar-refractivity contribution in [1.29, 1.82) is 0 Å². The molecule has 5 rings (SSSR count). The minimum atomic E-state index is 0.250. The van der Waals surface area contributed by atoms with E-state index in [1.54, 1.807) is 24.1 Å². The van der Waals surface area contributed by atoms with Gasteiger partial charge in [0.1, 0.15) is 42.5 Å². The Labute approximate surface area is 187 Å². The maximum atomic E-state index is 10.1. The number of aromatic hydroxyl groups is 1.